The Balaban J connectivity index is 0.572. The summed E-state index contributed by atoms with van der Waals surface area (Å²) < 4.78 is 74.0. The number of phenolic OH excluding ortho intramolecular Hbond substituents is 1. The summed E-state index contributed by atoms with van der Waals surface area (Å²) in [6, 6.07) is 7.87. The van der Waals surface area contributed by atoms with Gasteiger partial charge in [-0.15, -0.1) is 5.10 Å². The van der Waals surface area contributed by atoms with E-state index in [2.05, 4.69) is 56.1 Å². The number of aliphatic hydroxyl groups is 17. The monoisotopic (exact) mass is 2040 g/mol. The van der Waals surface area contributed by atoms with Crippen LogP contribution in [0, 0.1) is 34.5 Å². The molecule has 46 nitrogen and oxygen atoms in total. The first-order chi connectivity index (χ1) is 68.6. The molecule has 24 N–H and O–H groups in total. The van der Waals surface area contributed by atoms with E-state index in [1.807, 2.05) is 44.2 Å². The van der Waals surface area contributed by atoms with E-state index in [0.717, 1.165) is 48.8 Å². The van der Waals surface area contributed by atoms with Crippen molar-refractivity contribution in [2.24, 2.45) is 34.5 Å². The average molecular weight is 2040 g/mol. The molecule has 24 fully saturated rings. The summed E-state index contributed by atoms with van der Waals surface area (Å²) in [7, 11) is 0. The Morgan fingerprint density at radius 1 is 0.479 bits per heavy atom. The molecule has 12 bridgehead atoms. The minimum atomic E-state index is -2.27. The maximum Gasteiger partial charge on any atom is 0.246 e. The molecule has 40 atom stereocenters. The van der Waals surface area contributed by atoms with Crippen molar-refractivity contribution in [3.63, 3.8) is 0 Å². The van der Waals surface area contributed by atoms with Crippen LogP contribution < -0.4 is 31.9 Å². The first-order valence-electron chi connectivity index (χ1n) is 50.8. The number of nitrogens with zero attached hydrogens (tertiary/aromatic N) is 3. The smallest absolute Gasteiger partial charge is 0.246 e. The predicted molar refractivity (Wildman–Crippen MR) is 495 cm³/mol. The van der Waals surface area contributed by atoms with E-state index in [-0.39, 0.29) is 72.7 Å². The number of unbranched alkanes of at least 4 members (excludes halogenated alkanes) is 1. The summed E-state index contributed by atoms with van der Waals surface area (Å²) in [6.45, 7) is 9.01. The Kier molecular flexibility index (Phi) is 35.9. The molecule has 3 aromatic rings. The molecule has 46 heteroatoms. The van der Waals surface area contributed by atoms with Gasteiger partial charge in [0.2, 0.25) is 41.4 Å². The summed E-state index contributed by atoms with van der Waals surface area (Å²) in [5.74, 6) is -5.15. The number of carbonyl (C=O) groups excluding carboxylic acids is 7. The molecule has 3 saturated carbocycles. The van der Waals surface area contributed by atoms with E-state index in [4.69, 9.17) is 56.8 Å². The van der Waals surface area contributed by atoms with Crippen molar-refractivity contribution in [2.75, 3.05) is 51.5 Å². The minimum Gasteiger partial charge on any atom is -0.508 e. The predicted octanol–water partition coefficient (Wildman–Crippen LogP) is -4.38. The molecule has 21 aliphatic heterocycles. The summed E-state index contributed by atoms with van der Waals surface area (Å²) in [5.41, 5.74) is 2.90. The Bertz CT molecular complexity index is 4900. The maximum atomic E-state index is 15.0. The average Bonchev–Trinajstić information content (AvgIpc) is 0.985. The van der Waals surface area contributed by atoms with Crippen LogP contribution in [0.5, 0.6) is 5.75 Å². The fourth-order valence-electron chi connectivity index (χ4n) is 24.5. The fourth-order valence-corrected chi connectivity index (χ4v) is 24.5. The summed E-state index contributed by atoms with van der Waals surface area (Å²) in [5, 5.41) is 232. The number of rotatable bonds is 26. The number of hydrogen-bond donors (Lipinski definition) is 24. The van der Waals surface area contributed by atoms with Crippen molar-refractivity contribution in [1.29, 1.82) is 0 Å². The number of aliphatic hydroxyl groups excluding tert-OH is 17. The summed E-state index contributed by atoms with van der Waals surface area (Å²) in [4.78, 5) is 99.3. The molecule has 21 saturated heterocycles. The van der Waals surface area contributed by atoms with Gasteiger partial charge in [0.25, 0.3) is 0 Å². The van der Waals surface area contributed by atoms with Gasteiger partial charge in [0.05, 0.1) is 61.7 Å². The number of ether oxygens (including phenoxy) is 12. The van der Waals surface area contributed by atoms with Crippen LogP contribution >= 0.6 is 0 Å². The molecule has 806 valence electrons. The van der Waals surface area contributed by atoms with Crippen molar-refractivity contribution in [2.45, 2.75) is 403 Å². The molecule has 0 spiro atoms. The first kappa shape index (κ1) is 111. The van der Waals surface area contributed by atoms with Crippen molar-refractivity contribution in [3.05, 3.63) is 70.0 Å². The van der Waals surface area contributed by atoms with Gasteiger partial charge in [0.1, 0.15) is 177 Å². The van der Waals surface area contributed by atoms with E-state index in [1.165, 1.54) is 17.2 Å². The number of nitrogens with one attached hydrogen (secondary N) is 6. The largest absolute Gasteiger partial charge is 0.508 e. The minimum absolute atomic E-state index is 0.0214. The molecule has 7 amide bonds. The number of imide groups is 1. The molecule has 2 aromatic carbocycles. The zero-order valence-electron chi connectivity index (χ0n) is 82.3. The second-order valence-corrected chi connectivity index (χ2v) is 42.5. The van der Waals surface area contributed by atoms with Gasteiger partial charge in [0, 0.05) is 31.2 Å². The third-order valence-corrected chi connectivity index (χ3v) is 32.8. The standard InChI is InChI=1S/C98H147N9O37/c1-9-63(114)102-52(86(129)103-65(43(2)3)87(130)100-44(4)85(128)101-48-24-20-45-22-26-61-95(5,50(45)34-48)28-15-30-97(61,7)93(131)104-94(132)98(8)31-16-29-96(6)51-35-49(113)25-21-46(51)23-27-62(96)98)17-13-14-32-99-64(115)42-133-54-19-12-10-11-18-53-66(54)105-106-107(53)36-56-80-69(118)74(123)88(135-56)142-82-59(40-111)139-92(78(127)73(82)122)144-83-58(39-110)137-89(76(125)71(83)120)140-79-47(37-108)33-55(67(116)68(79)117)134-81-57(38-109)136-91(75(124)70(81)119)143-84-60(41-112)138-90(141-80)77(126)72(84)121/h20-21,24-25,34-35,43-44,47,52,54-62,65,67-84,88-92,108-113,116-127H,9-19,22-23,26-33,36-42H2,1-8H3,(H,99,115)(H,100,130)(H,101,128)(H,102,114)(H,103,129)(H,104,131,132)/t44-,47?,52+,54?,55?,56?,57?,58?,59?,60?,61+,62+,65-,67?,68?,69?,70?,71?,72?,73?,74?,75?,76?,77?,78?,79?,80?,81?,82?,83?,84?,88?,89?,90?,91?,92?,95+,96+,97-,98-/m0/s1. The van der Waals surface area contributed by atoms with Crippen LogP contribution in [0.1, 0.15) is 204 Å². The number of benzene rings is 2. The molecule has 31 unspecified atom stereocenters. The van der Waals surface area contributed by atoms with Crippen LogP contribution in [0.2, 0.25) is 0 Å². The Hall–Kier alpha value is -7.29. The zero-order valence-corrected chi connectivity index (χ0v) is 82.3. The highest BCUT2D eigenvalue weighted by Crippen LogP contribution is 2.61. The zero-order chi connectivity index (χ0) is 104. The first-order valence-corrected chi connectivity index (χ1v) is 50.8. The molecular weight excluding hydrogens is 1900 g/mol. The number of amides is 7. The van der Waals surface area contributed by atoms with E-state index in [1.54, 1.807) is 26.8 Å². The van der Waals surface area contributed by atoms with Crippen LogP contribution in [-0.2, 0) is 127 Å². The lowest BCUT2D eigenvalue weighted by molar-refractivity contribution is -0.396. The highest BCUT2D eigenvalue weighted by molar-refractivity contribution is 6.01. The summed E-state index contributed by atoms with van der Waals surface area (Å²) in [6.07, 6.45) is -48.5. The number of aryl methyl sites for hydroxylation is 2. The molecule has 1 aromatic heterocycles. The van der Waals surface area contributed by atoms with Crippen molar-refractivity contribution in [1.82, 2.24) is 41.6 Å². The number of fused-ring (bicyclic) bond motifs is 7. The second-order valence-electron chi connectivity index (χ2n) is 42.5. The Morgan fingerprint density at radius 3 is 1.44 bits per heavy atom. The maximum absolute atomic E-state index is 15.0. The normalized spacial score (nSPS) is 40.4. The lowest BCUT2D eigenvalue weighted by atomic mass is 9.49. The number of hydrogen-bond acceptors (Lipinski definition) is 39. The third-order valence-electron chi connectivity index (χ3n) is 32.8. The van der Waals surface area contributed by atoms with E-state index in [0.29, 0.717) is 75.6 Å². The molecule has 27 aliphatic rings. The second kappa shape index (κ2) is 46.7. The molecule has 22 heterocycles. The Labute approximate surface area is 832 Å². The lowest BCUT2D eigenvalue weighted by Crippen LogP contribution is -2.68. The molecule has 30 rings (SSSR count). The SMILES string of the molecule is CCC(=O)N[C@H](CCCCNC(=O)COC1CCCCCc2c1nnn2CC1OC2OC3C(CO)OC(OC4C(CO)OC(OC5C(CO)CC(OC6C(CO)OC(OC7C(CO)OC(OC1C(O)C2O)C(O)C7O)C(O)C6O)C(O)C5O)C(O)C4O)C(O)C3O)C(=O)N[C@H](C(=O)N[C@@H](C)C(=O)Nc1ccc2c(c1)[C@@]1(C)CCC[C@](C)(C(=O)NC(=O)[C@@]3(C)CCC[C@]4(C)c5cc(O)ccc5CC[C@@H]34)[C@@H]1CC2)C(C)C. The van der Waals surface area contributed by atoms with Gasteiger partial charge < -0.3 is 175 Å². The molecular formula is C98H147N9O37. The number of carbonyl (C=O) groups is 7. The Morgan fingerprint density at radius 2 is 0.951 bits per heavy atom. The van der Waals surface area contributed by atoms with Gasteiger partial charge in [-0.1, -0.05) is 91.5 Å². The van der Waals surface area contributed by atoms with Crippen LogP contribution in [0.3, 0.4) is 0 Å². The van der Waals surface area contributed by atoms with Crippen molar-refractivity contribution < 1.29 is 182 Å². The quantitative estimate of drug-likeness (QED) is 0.0267. The van der Waals surface area contributed by atoms with Crippen LogP contribution in [0.15, 0.2) is 36.4 Å². The molecule has 144 heavy (non-hydrogen) atoms. The lowest BCUT2D eigenvalue weighted by Gasteiger charge is -2.56. The number of anilines is 1. The molecule has 0 radical (unpaired) electrons. The van der Waals surface area contributed by atoms with Crippen LogP contribution in [0.4, 0.5) is 5.69 Å². The number of aromatic nitrogens is 3. The van der Waals surface area contributed by atoms with Crippen LogP contribution in [0.25, 0.3) is 0 Å². The van der Waals surface area contributed by atoms with Gasteiger partial charge >= 0.3 is 0 Å². The molecule has 6 aliphatic carbocycles. The number of phenols is 1. The van der Waals surface area contributed by atoms with Gasteiger partial charge in [-0.3, -0.25) is 38.9 Å². The van der Waals surface area contributed by atoms with Crippen molar-refractivity contribution in [3.8, 4) is 5.75 Å². The van der Waals surface area contributed by atoms with Gasteiger partial charge in [-0.25, -0.2) is 4.68 Å². The fraction of sp³-hybridized carbons (Fsp3) is 0.786. The van der Waals surface area contributed by atoms with Gasteiger partial charge in [0.15, 0.2) is 31.5 Å². The highest BCUT2D eigenvalue weighted by atomic mass is 16.8. The highest BCUT2D eigenvalue weighted by Gasteiger charge is 2.63. The summed E-state index contributed by atoms with van der Waals surface area (Å²) >= 11 is 0. The van der Waals surface area contributed by atoms with Gasteiger partial charge in [-0.05, 0) is 178 Å². The third kappa shape index (κ3) is 22.6. The topological polar surface area (TPSA) is 697 Å². The van der Waals surface area contributed by atoms with E-state index >= 15 is 0 Å². The van der Waals surface area contributed by atoms with Crippen LogP contribution in [-0.4, -0.2) is 391 Å². The van der Waals surface area contributed by atoms with Gasteiger partial charge in [-0.2, -0.15) is 0 Å². The number of aromatic hydroxyl groups is 1. The van der Waals surface area contributed by atoms with E-state index < -0.39 is 312 Å². The van der Waals surface area contributed by atoms with Crippen molar-refractivity contribution >= 4 is 47.0 Å². The van der Waals surface area contributed by atoms with E-state index in [9.17, 15) is 125 Å².